The van der Waals surface area contributed by atoms with Crippen LogP contribution in [0, 0.1) is 6.92 Å². The van der Waals surface area contributed by atoms with E-state index >= 15 is 0 Å². The maximum Gasteiger partial charge on any atom is 0.339 e. The molecule has 0 radical (unpaired) electrons. The van der Waals surface area contributed by atoms with E-state index in [1.807, 2.05) is 6.92 Å². The van der Waals surface area contributed by atoms with Crippen LogP contribution < -0.4 is 0 Å². The van der Waals surface area contributed by atoms with E-state index in [2.05, 4.69) is 4.98 Å². The minimum Gasteiger partial charge on any atom is -0.478 e. The molecule has 0 bridgehead atoms. The Morgan fingerprint density at radius 1 is 1.57 bits per heavy atom. The highest BCUT2D eigenvalue weighted by molar-refractivity contribution is 5.94. The van der Waals surface area contributed by atoms with Gasteiger partial charge in [-0.05, 0) is 19.1 Å². The smallest absolute Gasteiger partial charge is 0.339 e. The van der Waals surface area contributed by atoms with Gasteiger partial charge in [0.25, 0.3) is 0 Å². The van der Waals surface area contributed by atoms with Crippen LogP contribution in [0.2, 0.25) is 0 Å². The van der Waals surface area contributed by atoms with Gasteiger partial charge >= 0.3 is 5.97 Å². The van der Waals surface area contributed by atoms with Gasteiger partial charge in [0.15, 0.2) is 5.65 Å². The SMILES string of the molecule is Cc1cnc2c(C(=O)O)cccn12.Cl. The number of hydrogen-bond donors (Lipinski definition) is 1. The van der Waals surface area contributed by atoms with Gasteiger partial charge in [-0.3, -0.25) is 0 Å². The van der Waals surface area contributed by atoms with E-state index in [0.717, 1.165) is 5.69 Å². The van der Waals surface area contributed by atoms with Gasteiger partial charge in [-0.1, -0.05) is 0 Å². The molecule has 2 heterocycles. The summed E-state index contributed by atoms with van der Waals surface area (Å²) in [6, 6.07) is 3.25. The lowest BCUT2D eigenvalue weighted by molar-refractivity contribution is 0.0698. The quantitative estimate of drug-likeness (QED) is 0.784. The van der Waals surface area contributed by atoms with Gasteiger partial charge in [0, 0.05) is 18.1 Å². The number of rotatable bonds is 1. The second kappa shape index (κ2) is 3.67. The Bertz CT molecular complexity index is 479. The fraction of sp³-hybridized carbons (Fsp3) is 0.111. The highest BCUT2D eigenvalue weighted by Crippen LogP contribution is 2.10. The van der Waals surface area contributed by atoms with Crippen molar-refractivity contribution in [3.05, 3.63) is 35.8 Å². The molecule has 2 rings (SSSR count). The number of carboxylic acid groups (broad SMARTS) is 1. The zero-order valence-electron chi connectivity index (χ0n) is 7.47. The molecule has 74 valence electrons. The molecule has 0 amide bonds. The van der Waals surface area contributed by atoms with Crippen LogP contribution in [0.15, 0.2) is 24.5 Å². The van der Waals surface area contributed by atoms with Crippen molar-refractivity contribution >= 4 is 24.0 Å². The van der Waals surface area contributed by atoms with Crippen LogP contribution in [-0.2, 0) is 0 Å². The topological polar surface area (TPSA) is 54.6 Å². The molecule has 0 fully saturated rings. The maximum absolute atomic E-state index is 10.8. The number of halogens is 1. The highest BCUT2D eigenvalue weighted by atomic mass is 35.5. The standard InChI is InChI=1S/C9H8N2O2.ClH/c1-6-5-10-8-7(9(12)13)3-2-4-11(6)8;/h2-5H,1H3,(H,12,13);1H. The number of nitrogens with zero attached hydrogens (tertiary/aromatic N) is 2. The number of pyridine rings is 1. The van der Waals surface area contributed by atoms with Crippen molar-refractivity contribution < 1.29 is 9.90 Å². The summed E-state index contributed by atoms with van der Waals surface area (Å²) in [5, 5.41) is 8.84. The molecule has 0 unspecified atom stereocenters. The molecule has 0 atom stereocenters. The van der Waals surface area contributed by atoms with Crippen molar-refractivity contribution in [3.8, 4) is 0 Å². The Kier molecular flexibility index (Phi) is 2.76. The van der Waals surface area contributed by atoms with Crippen LogP contribution in [-0.4, -0.2) is 20.5 Å². The molecule has 0 aromatic carbocycles. The largest absolute Gasteiger partial charge is 0.478 e. The third kappa shape index (κ3) is 1.44. The van der Waals surface area contributed by atoms with E-state index in [0.29, 0.717) is 5.65 Å². The first-order chi connectivity index (χ1) is 6.20. The monoisotopic (exact) mass is 212 g/mol. The molecule has 0 spiro atoms. The maximum atomic E-state index is 10.8. The van der Waals surface area contributed by atoms with E-state index < -0.39 is 5.97 Å². The molecule has 2 aromatic rings. The van der Waals surface area contributed by atoms with Crippen LogP contribution in [0.4, 0.5) is 0 Å². The number of carboxylic acids is 1. The predicted molar refractivity (Wildman–Crippen MR) is 54.1 cm³/mol. The molecule has 2 aromatic heterocycles. The van der Waals surface area contributed by atoms with Crippen molar-refractivity contribution in [2.45, 2.75) is 6.92 Å². The average Bonchev–Trinajstić information content (AvgIpc) is 2.48. The van der Waals surface area contributed by atoms with Gasteiger partial charge in [0.05, 0.1) is 0 Å². The fourth-order valence-electron chi connectivity index (χ4n) is 1.30. The third-order valence-electron chi connectivity index (χ3n) is 1.95. The van der Waals surface area contributed by atoms with Crippen LogP contribution in [0.1, 0.15) is 16.1 Å². The van der Waals surface area contributed by atoms with Crippen LogP contribution in [0.3, 0.4) is 0 Å². The lowest BCUT2D eigenvalue weighted by Gasteiger charge is -1.98. The molecule has 0 saturated carbocycles. The molecule has 1 N–H and O–H groups in total. The molecule has 0 aliphatic heterocycles. The van der Waals surface area contributed by atoms with Crippen LogP contribution in [0.25, 0.3) is 5.65 Å². The first kappa shape index (κ1) is 10.5. The lowest BCUT2D eigenvalue weighted by atomic mass is 10.3. The summed E-state index contributed by atoms with van der Waals surface area (Å²) in [4.78, 5) is 14.8. The first-order valence-corrected chi connectivity index (χ1v) is 3.86. The number of aryl methyl sites for hydroxylation is 1. The average molecular weight is 213 g/mol. The van der Waals surface area contributed by atoms with Gasteiger partial charge in [-0.25, -0.2) is 9.78 Å². The highest BCUT2D eigenvalue weighted by Gasteiger charge is 2.09. The first-order valence-electron chi connectivity index (χ1n) is 3.86. The minimum atomic E-state index is -0.948. The normalized spacial score (nSPS) is 9.79. The van der Waals surface area contributed by atoms with Crippen molar-refractivity contribution in [3.63, 3.8) is 0 Å². The van der Waals surface area contributed by atoms with Gasteiger partial charge < -0.3 is 9.51 Å². The Morgan fingerprint density at radius 2 is 2.29 bits per heavy atom. The molecule has 5 heteroatoms. The molecule has 0 aliphatic carbocycles. The Morgan fingerprint density at radius 3 is 2.93 bits per heavy atom. The zero-order valence-corrected chi connectivity index (χ0v) is 8.28. The van der Waals surface area contributed by atoms with E-state index in [1.54, 1.807) is 28.9 Å². The Balaban J connectivity index is 0.000000980. The summed E-state index contributed by atoms with van der Waals surface area (Å²) in [5.74, 6) is -0.948. The third-order valence-corrected chi connectivity index (χ3v) is 1.95. The summed E-state index contributed by atoms with van der Waals surface area (Å²) in [6.45, 7) is 1.88. The van der Waals surface area contributed by atoms with Crippen molar-refractivity contribution in [2.24, 2.45) is 0 Å². The number of hydrogen-bond acceptors (Lipinski definition) is 2. The second-order valence-corrected chi connectivity index (χ2v) is 2.82. The molecule has 4 nitrogen and oxygen atoms in total. The lowest BCUT2D eigenvalue weighted by Crippen LogP contribution is -2.00. The molecule has 0 saturated heterocycles. The predicted octanol–water partition coefficient (Wildman–Crippen LogP) is 1.76. The summed E-state index contributed by atoms with van der Waals surface area (Å²) >= 11 is 0. The summed E-state index contributed by atoms with van der Waals surface area (Å²) in [6.07, 6.45) is 3.45. The fourth-order valence-corrected chi connectivity index (χ4v) is 1.30. The summed E-state index contributed by atoms with van der Waals surface area (Å²) in [5.41, 5.74) is 1.65. The van der Waals surface area contributed by atoms with Crippen LogP contribution >= 0.6 is 12.4 Å². The molecular formula is C9H9ClN2O2. The van der Waals surface area contributed by atoms with Crippen molar-refractivity contribution in [1.82, 2.24) is 9.38 Å². The van der Waals surface area contributed by atoms with E-state index in [-0.39, 0.29) is 18.0 Å². The summed E-state index contributed by atoms with van der Waals surface area (Å²) < 4.78 is 1.75. The second-order valence-electron chi connectivity index (χ2n) is 2.82. The van der Waals surface area contributed by atoms with Gasteiger partial charge in [0.2, 0.25) is 0 Å². The van der Waals surface area contributed by atoms with Crippen molar-refractivity contribution in [2.75, 3.05) is 0 Å². The molecular weight excluding hydrogens is 204 g/mol. The minimum absolute atomic E-state index is 0. The van der Waals surface area contributed by atoms with Crippen molar-refractivity contribution in [1.29, 1.82) is 0 Å². The van der Waals surface area contributed by atoms with Crippen LogP contribution in [0.5, 0.6) is 0 Å². The number of aromatic carboxylic acids is 1. The van der Waals surface area contributed by atoms with E-state index in [9.17, 15) is 4.79 Å². The number of imidazole rings is 1. The van der Waals surface area contributed by atoms with Gasteiger partial charge in [-0.2, -0.15) is 0 Å². The number of fused-ring (bicyclic) bond motifs is 1. The Hall–Kier alpha value is -1.55. The molecule has 14 heavy (non-hydrogen) atoms. The van der Waals surface area contributed by atoms with E-state index in [1.165, 1.54) is 0 Å². The Labute approximate surface area is 86.6 Å². The summed E-state index contributed by atoms with van der Waals surface area (Å²) in [7, 11) is 0. The van der Waals surface area contributed by atoms with Gasteiger partial charge in [0.1, 0.15) is 5.56 Å². The van der Waals surface area contributed by atoms with E-state index in [4.69, 9.17) is 5.11 Å². The number of carbonyl (C=O) groups is 1. The number of aromatic nitrogens is 2. The zero-order chi connectivity index (χ0) is 9.42. The molecule has 0 aliphatic rings. The van der Waals surface area contributed by atoms with Gasteiger partial charge in [-0.15, -0.1) is 12.4 Å².